The maximum absolute atomic E-state index is 13.9. The first kappa shape index (κ1) is 15.7. The number of benzene rings is 1. The standard InChI is InChI=1S/C11H9BrFN3O3S2/c12-7-3-4-20-11(7)21(18,19)16-9-2-1-6(5-8(9)13)10(14)15-17/h1-5,16-17H,(H2,14,15). The molecule has 0 bridgehead atoms. The van der Waals surface area contributed by atoms with Crippen LogP contribution in [0.25, 0.3) is 0 Å². The molecule has 0 aliphatic carbocycles. The minimum atomic E-state index is -3.89. The molecular formula is C11H9BrFN3O3S2. The van der Waals surface area contributed by atoms with Gasteiger partial charge in [-0.15, -0.1) is 11.3 Å². The van der Waals surface area contributed by atoms with Gasteiger partial charge in [0, 0.05) is 10.0 Å². The first-order chi connectivity index (χ1) is 9.85. The number of hydrogen-bond donors (Lipinski definition) is 3. The van der Waals surface area contributed by atoms with Crippen LogP contribution >= 0.6 is 27.3 Å². The van der Waals surface area contributed by atoms with Gasteiger partial charge in [-0.25, -0.2) is 12.8 Å². The van der Waals surface area contributed by atoms with E-state index in [4.69, 9.17) is 10.9 Å². The summed E-state index contributed by atoms with van der Waals surface area (Å²) in [5.41, 5.74) is 5.23. The largest absolute Gasteiger partial charge is 0.409 e. The summed E-state index contributed by atoms with van der Waals surface area (Å²) in [4.78, 5) is 0. The molecule has 0 fully saturated rings. The molecule has 0 amide bonds. The number of thiophene rings is 1. The fourth-order valence-electron chi connectivity index (χ4n) is 1.48. The third-order valence-electron chi connectivity index (χ3n) is 2.45. The Kier molecular flexibility index (Phi) is 4.49. The molecule has 6 nitrogen and oxygen atoms in total. The number of nitrogens with two attached hydrogens (primary N) is 1. The van der Waals surface area contributed by atoms with Crippen LogP contribution in [-0.4, -0.2) is 19.5 Å². The van der Waals surface area contributed by atoms with Crippen LogP contribution in [0.2, 0.25) is 0 Å². The highest BCUT2D eigenvalue weighted by Crippen LogP contribution is 2.30. The van der Waals surface area contributed by atoms with Gasteiger partial charge in [0.15, 0.2) is 10.0 Å². The summed E-state index contributed by atoms with van der Waals surface area (Å²) in [6, 6.07) is 5.08. The molecule has 1 aromatic heterocycles. The molecule has 0 unspecified atom stereocenters. The van der Waals surface area contributed by atoms with E-state index in [2.05, 4.69) is 25.8 Å². The van der Waals surface area contributed by atoms with Gasteiger partial charge in [0.1, 0.15) is 5.82 Å². The summed E-state index contributed by atoms with van der Waals surface area (Å²) in [7, 11) is -3.89. The molecule has 0 aliphatic heterocycles. The predicted molar refractivity (Wildman–Crippen MR) is 81.7 cm³/mol. The normalized spacial score (nSPS) is 12.4. The molecule has 0 atom stereocenters. The highest BCUT2D eigenvalue weighted by Gasteiger charge is 2.21. The van der Waals surface area contributed by atoms with Crippen molar-refractivity contribution in [1.29, 1.82) is 0 Å². The topological polar surface area (TPSA) is 105 Å². The Hall–Kier alpha value is -1.65. The van der Waals surface area contributed by atoms with Crippen molar-refractivity contribution in [3.8, 4) is 0 Å². The Labute approximate surface area is 132 Å². The Bertz CT molecular complexity index is 805. The summed E-state index contributed by atoms with van der Waals surface area (Å²) in [6.07, 6.45) is 0. The van der Waals surface area contributed by atoms with Crippen LogP contribution in [0.3, 0.4) is 0 Å². The summed E-state index contributed by atoms with van der Waals surface area (Å²) >= 11 is 4.11. The van der Waals surface area contributed by atoms with E-state index in [1.807, 2.05) is 0 Å². The number of oxime groups is 1. The quantitative estimate of drug-likeness (QED) is 0.321. The zero-order valence-corrected chi connectivity index (χ0v) is 13.5. The number of nitrogens with one attached hydrogen (secondary N) is 1. The van der Waals surface area contributed by atoms with Gasteiger partial charge >= 0.3 is 0 Å². The number of anilines is 1. The third-order valence-corrected chi connectivity index (χ3v) is 6.48. The van der Waals surface area contributed by atoms with Gasteiger partial charge in [-0.2, -0.15) is 0 Å². The minimum absolute atomic E-state index is 0.0439. The lowest BCUT2D eigenvalue weighted by Gasteiger charge is -2.09. The van der Waals surface area contributed by atoms with Crippen LogP contribution in [0.4, 0.5) is 10.1 Å². The summed E-state index contributed by atoms with van der Waals surface area (Å²) < 4.78 is 40.7. The molecule has 0 spiro atoms. The lowest BCUT2D eigenvalue weighted by atomic mass is 10.2. The van der Waals surface area contributed by atoms with Crippen LogP contribution in [0.15, 0.2) is 43.5 Å². The van der Waals surface area contributed by atoms with E-state index in [0.29, 0.717) is 4.47 Å². The lowest BCUT2D eigenvalue weighted by Crippen LogP contribution is -2.16. The maximum Gasteiger partial charge on any atom is 0.272 e. The van der Waals surface area contributed by atoms with E-state index in [9.17, 15) is 12.8 Å². The molecule has 0 aliphatic rings. The predicted octanol–water partition coefficient (Wildman–Crippen LogP) is 2.55. The van der Waals surface area contributed by atoms with Crippen LogP contribution in [0.1, 0.15) is 5.56 Å². The number of sulfonamides is 1. The third kappa shape index (κ3) is 3.34. The van der Waals surface area contributed by atoms with Crippen molar-refractivity contribution in [2.24, 2.45) is 10.9 Å². The summed E-state index contributed by atoms with van der Waals surface area (Å²) in [5, 5.41) is 12.9. The van der Waals surface area contributed by atoms with E-state index >= 15 is 0 Å². The van der Waals surface area contributed by atoms with Crippen molar-refractivity contribution in [2.45, 2.75) is 4.21 Å². The maximum atomic E-state index is 13.9. The number of hydrogen-bond acceptors (Lipinski definition) is 5. The van der Waals surface area contributed by atoms with Crippen molar-refractivity contribution in [3.63, 3.8) is 0 Å². The molecule has 10 heteroatoms. The minimum Gasteiger partial charge on any atom is -0.409 e. The van der Waals surface area contributed by atoms with Gasteiger partial charge in [-0.05, 0) is 45.6 Å². The van der Waals surface area contributed by atoms with Crippen LogP contribution in [0.5, 0.6) is 0 Å². The molecule has 1 heterocycles. The Morgan fingerprint density at radius 1 is 1.43 bits per heavy atom. The molecule has 0 saturated carbocycles. The molecule has 1 aromatic carbocycles. The molecule has 0 radical (unpaired) electrons. The smallest absolute Gasteiger partial charge is 0.272 e. The Morgan fingerprint density at radius 3 is 2.67 bits per heavy atom. The molecular weight excluding hydrogens is 385 g/mol. The highest BCUT2D eigenvalue weighted by atomic mass is 79.9. The Balaban J connectivity index is 2.35. The van der Waals surface area contributed by atoms with E-state index in [0.717, 1.165) is 17.4 Å². The van der Waals surface area contributed by atoms with Gasteiger partial charge in [-0.3, -0.25) is 4.72 Å². The van der Waals surface area contributed by atoms with E-state index in [1.54, 1.807) is 11.4 Å². The molecule has 0 saturated heterocycles. The SMILES string of the molecule is N/C(=N/O)c1ccc(NS(=O)(=O)c2sccc2Br)c(F)c1. The van der Waals surface area contributed by atoms with Gasteiger partial charge in [0.05, 0.1) is 5.69 Å². The van der Waals surface area contributed by atoms with Crippen molar-refractivity contribution in [2.75, 3.05) is 4.72 Å². The molecule has 4 N–H and O–H groups in total. The van der Waals surface area contributed by atoms with Crippen molar-refractivity contribution >= 4 is 48.8 Å². The first-order valence-corrected chi connectivity index (χ1v) is 8.54. The van der Waals surface area contributed by atoms with Gasteiger partial charge in [-0.1, -0.05) is 5.16 Å². The van der Waals surface area contributed by atoms with E-state index < -0.39 is 15.8 Å². The number of nitrogens with zero attached hydrogens (tertiary/aromatic N) is 1. The fraction of sp³-hybridized carbons (Fsp3) is 0. The second kappa shape index (κ2) is 6.00. The van der Waals surface area contributed by atoms with Crippen LogP contribution < -0.4 is 10.5 Å². The molecule has 21 heavy (non-hydrogen) atoms. The lowest BCUT2D eigenvalue weighted by molar-refractivity contribution is 0.318. The Morgan fingerprint density at radius 2 is 2.14 bits per heavy atom. The average Bonchev–Trinajstić information content (AvgIpc) is 2.87. The van der Waals surface area contributed by atoms with Crippen LogP contribution in [-0.2, 0) is 10.0 Å². The molecule has 112 valence electrons. The van der Waals surface area contributed by atoms with Crippen molar-refractivity contribution in [1.82, 2.24) is 0 Å². The van der Waals surface area contributed by atoms with Gasteiger partial charge in [0.25, 0.3) is 10.0 Å². The summed E-state index contributed by atoms with van der Waals surface area (Å²) in [5.74, 6) is -1.11. The van der Waals surface area contributed by atoms with Crippen molar-refractivity contribution in [3.05, 3.63) is 45.5 Å². The van der Waals surface area contributed by atoms with E-state index in [-0.39, 0.29) is 21.3 Å². The molecule has 2 aromatic rings. The first-order valence-electron chi connectivity index (χ1n) is 5.38. The number of halogens is 2. The second-order valence-corrected chi connectivity index (χ2v) is 7.49. The fourth-order valence-corrected chi connectivity index (χ4v) is 4.88. The zero-order valence-electron chi connectivity index (χ0n) is 10.2. The van der Waals surface area contributed by atoms with Gasteiger partial charge in [0.2, 0.25) is 0 Å². The monoisotopic (exact) mass is 393 g/mol. The molecule has 2 rings (SSSR count). The van der Waals surface area contributed by atoms with Crippen molar-refractivity contribution < 1.29 is 18.0 Å². The number of amidine groups is 1. The summed E-state index contributed by atoms with van der Waals surface area (Å²) in [6.45, 7) is 0. The van der Waals surface area contributed by atoms with E-state index in [1.165, 1.54) is 12.1 Å². The second-order valence-electron chi connectivity index (χ2n) is 3.84. The zero-order chi connectivity index (χ0) is 15.6. The van der Waals surface area contributed by atoms with Crippen LogP contribution in [0, 0.1) is 5.82 Å². The highest BCUT2D eigenvalue weighted by molar-refractivity contribution is 9.10. The van der Waals surface area contributed by atoms with Gasteiger partial charge < -0.3 is 10.9 Å². The average molecular weight is 394 g/mol. The number of rotatable bonds is 4.